The lowest BCUT2D eigenvalue weighted by atomic mass is 10.0. The van der Waals surface area contributed by atoms with Gasteiger partial charge in [0.2, 0.25) is 0 Å². The van der Waals surface area contributed by atoms with Crippen LogP contribution < -0.4 is 0 Å². The molecule has 0 aliphatic heterocycles. The zero-order chi connectivity index (χ0) is 12.1. The van der Waals surface area contributed by atoms with Crippen molar-refractivity contribution in [1.82, 2.24) is 4.98 Å². The molecule has 1 heterocycles. The van der Waals surface area contributed by atoms with Crippen LogP contribution in [0.3, 0.4) is 0 Å². The van der Waals surface area contributed by atoms with Crippen molar-refractivity contribution < 1.29 is 4.79 Å². The van der Waals surface area contributed by atoms with Gasteiger partial charge in [0.1, 0.15) is 5.78 Å². The summed E-state index contributed by atoms with van der Waals surface area (Å²) in [5.74, 6) is 0.782. The molecular formula is C14H14ClNO. The molecule has 3 heteroatoms. The highest BCUT2D eigenvalue weighted by Crippen LogP contribution is 2.17. The predicted octanol–water partition coefficient (Wildman–Crippen LogP) is 3.37. The molecule has 88 valence electrons. The van der Waals surface area contributed by atoms with Crippen molar-refractivity contribution in [2.45, 2.75) is 19.3 Å². The van der Waals surface area contributed by atoms with Crippen LogP contribution in [-0.2, 0) is 11.2 Å². The van der Waals surface area contributed by atoms with E-state index in [0.29, 0.717) is 18.7 Å². The molecule has 2 nitrogen and oxygen atoms in total. The lowest BCUT2D eigenvalue weighted by Gasteiger charge is -2.04. The molecule has 0 fully saturated rings. The van der Waals surface area contributed by atoms with Gasteiger partial charge in [-0.3, -0.25) is 9.78 Å². The topological polar surface area (TPSA) is 30.0 Å². The number of ketones is 1. The minimum Gasteiger partial charge on any atom is -0.299 e. The lowest BCUT2D eigenvalue weighted by molar-refractivity contribution is -0.118. The molecular weight excluding hydrogens is 234 g/mol. The number of hydrogen-bond acceptors (Lipinski definition) is 2. The number of halogens is 1. The zero-order valence-electron chi connectivity index (χ0n) is 9.53. The number of alkyl halides is 1. The molecule has 1 aromatic heterocycles. The van der Waals surface area contributed by atoms with Gasteiger partial charge in [-0.1, -0.05) is 18.2 Å². The minimum absolute atomic E-state index is 0.238. The Bertz CT molecular complexity index is 519. The SMILES string of the molecule is O=C(CCCCl)Cc1ccnc2ccccc12. The summed E-state index contributed by atoms with van der Waals surface area (Å²) < 4.78 is 0. The Morgan fingerprint density at radius 3 is 2.88 bits per heavy atom. The van der Waals surface area contributed by atoms with Crippen molar-refractivity contribution in [2.75, 3.05) is 5.88 Å². The summed E-state index contributed by atoms with van der Waals surface area (Å²) in [4.78, 5) is 16.0. The summed E-state index contributed by atoms with van der Waals surface area (Å²) in [7, 11) is 0. The number of nitrogens with zero attached hydrogens (tertiary/aromatic N) is 1. The van der Waals surface area contributed by atoms with E-state index in [0.717, 1.165) is 22.9 Å². The molecule has 0 saturated carbocycles. The van der Waals surface area contributed by atoms with Crippen LogP contribution in [0.2, 0.25) is 0 Å². The van der Waals surface area contributed by atoms with Gasteiger partial charge in [0.15, 0.2) is 0 Å². The van der Waals surface area contributed by atoms with Crippen molar-refractivity contribution >= 4 is 28.3 Å². The number of Topliss-reactive ketones (excluding diaryl/α,β-unsaturated/α-hetero) is 1. The maximum absolute atomic E-state index is 11.7. The molecule has 0 amide bonds. The van der Waals surface area contributed by atoms with Crippen LogP contribution in [0.5, 0.6) is 0 Å². The van der Waals surface area contributed by atoms with E-state index in [-0.39, 0.29) is 5.78 Å². The largest absolute Gasteiger partial charge is 0.299 e. The average Bonchev–Trinajstić information content (AvgIpc) is 2.37. The number of fused-ring (bicyclic) bond motifs is 1. The van der Waals surface area contributed by atoms with Gasteiger partial charge in [0.05, 0.1) is 5.52 Å². The third-order valence-corrected chi connectivity index (χ3v) is 2.98. The van der Waals surface area contributed by atoms with E-state index in [1.54, 1.807) is 6.20 Å². The van der Waals surface area contributed by atoms with Crippen molar-refractivity contribution in [1.29, 1.82) is 0 Å². The van der Waals surface area contributed by atoms with Gasteiger partial charge in [0.25, 0.3) is 0 Å². The van der Waals surface area contributed by atoms with E-state index in [1.165, 1.54) is 0 Å². The van der Waals surface area contributed by atoms with Gasteiger partial charge in [0, 0.05) is 30.3 Å². The molecule has 0 spiro atoms. The number of carbonyl (C=O) groups excluding carboxylic acids is 1. The van der Waals surface area contributed by atoms with Gasteiger partial charge in [-0.15, -0.1) is 11.6 Å². The summed E-state index contributed by atoms with van der Waals surface area (Å²) in [5, 5.41) is 1.06. The van der Waals surface area contributed by atoms with Gasteiger partial charge < -0.3 is 0 Å². The van der Waals surface area contributed by atoms with E-state index < -0.39 is 0 Å². The van der Waals surface area contributed by atoms with Crippen molar-refractivity contribution in [3.8, 4) is 0 Å². The maximum Gasteiger partial charge on any atom is 0.137 e. The Hall–Kier alpha value is -1.41. The first-order valence-electron chi connectivity index (χ1n) is 5.71. The molecule has 0 aliphatic rings. The van der Waals surface area contributed by atoms with Crippen molar-refractivity contribution in [2.24, 2.45) is 0 Å². The first-order chi connectivity index (χ1) is 8.31. The summed E-state index contributed by atoms with van der Waals surface area (Å²) in [6, 6.07) is 9.81. The van der Waals surface area contributed by atoms with E-state index in [4.69, 9.17) is 11.6 Å². The highest BCUT2D eigenvalue weighted by Gasteiger charge is 2.06. The third kappa shape index (κ3) is 3.04. The smallest absolute Gasteiger partial charge is 0.137 e. The Kier molecular flexibility index (Phi) is 4.10. The number of pyridine rings is 1. The summed E-state index contributed by atoms with van der Waals surface area (Å²) >= 11 is 5.58. The van der Waals surface area contributed by atoms with Gasteiger partial charge in [-0.05, 0) is 24.1 Å². The van der Waals surface area contributed by atoms with Crippen LogP contribution in [0.4, 0.5) is 0 Å². The van der Waals surface area contributed by atoms with Crippen LogP contribution in [0.1, 0.15) is 18.4 Å². The molecule has 0 saturated heterocycles. The van der Waals surface area contributed by atoms with E-state index in [9.17, 15) is 4.79 Å². The predicted molar refractivity (Wildman–Crippen MR) is 70.4 cm³/mol. The molecule has 0 N–H and O–H groups in total. The molecule has 0 atom stereocenters. The lowest BCUT2D eigenvalue weighted by Crippen LogP contribution is -2.03. The zero-order valence-corrected chi connectivity index (χ0v) is 10.3. The van der Waals surface area contributed by atoms with E-state index in [1.807, 2.05) is 30.3 Å². The highest BCUT2D eigenvalue weighted by molar-refractivity contribution is 6.17. The first-order valence-corrected chi connectivity index (χ1v) is 6.25. The van der Waals surface area contributed by atoms with Crippen LogP contribution in [0, 0.1) is 0 Å². The second kappa shape index (κ2) is 5.78. The van der Waals surface area contributed by atoms with E-state index >= 15 is 0 Å². The normalized spacial score (nSPS) is 10.6. The maximum atomic E-state index is 11.7. The Balaban J connectivity index is 2.21. The average molecular weight is 248 g/mol. The highest BCUT2D eigenvalue weighted by atomic mass is 35.5. The molecule has 2 aromatic rings. The van der Waals surface area contributed by atoms with Crippen LogP contribution >= 0.6 is 11.6 Å². The fourth-order valence-corrected chi connectivity index (χ4v) is 2.01. The number of benzene rings is 1. The van der Waals surface area contributed by atoms with Gasteiger partial charge in [-0.25, -0.2) is 0 Å². The molecule has 1 aromatic carbocycles. The molecule has 0 aliphatic carbocycles. The standard InChI is InChI=1S/C14H14ClNO/c15-8-3-4-12(17)10-11-7-9-16-14-6-2-1-5-13(11)14/h1-2,5-7,9H,3-4,8,10H2. The Morgan fingerprint density at radius 1 is 1.24 bits per heavy atom. The van der Waals surface area contributed by atoms with Gasteiger partial charge in [-0.2, -0.15) is 0 Å². The van der Waals surface area contributed by atoms with Crippen LogP contribution in [-0.4, -0.2) is 16.6 Å². The number of para-hydroxylation sites is 1. The Morgan fingerprint density at radius 2 is 2.06 bits per heavy atom. The van der Waals surface area contributed by atoms with Crippen LogP contribution in [0.25, 0.3) is 10.9 Å². The second-order valence-corrected chi connectivity index (χ2v) is 4.37. The summed E-state index contributed by atoms with van der Waals surface area (Å²) in [6.07, 6.45) is 3.54. The minimum atomic E-state index is 0.238. The molecule has 0 radical (unpaired) electrons. The second-order valence-electron chi connectivity index (χ2n) is 4.00. The van der Waals surface area contributed by atoms with Crippen molar-refractivity contribution in [3.05, 3.63) is 42.1 Å². The molecule has 17 heavy (non-hydrogen) atoms. The quantitative estimate of drug-likeness (QED) is 0.759. The molecule has 2 rings (SSSR count). The van der Waals surface area contributed by atoms with Gasteiger partial charge >= 0.3 is 0 Å². The summed E-state index contributed by atoms with van der Waals surface area (Å²) in [6.45, 7) is 0. The number of aromatic nitrogens is 1. The fourth-order valence-electron chi connectivity index (χ4n) is 1.87. The Labute approximate surface area is 106 Å². The van der Waals surface area contributed by atoms with Crippen LogP contribution in [0.15, 0.2) is 36.5 Å². The number of rotatable bonds is 5. The third-order valence-electron chi connectivity index (χ3n) is 2.72. The van der Waals surface area contributed by atoms with E-state index in [2.05, 4.69) is 4.98 Å². The number of carbonyl (C=O) groups is 1. The molecule has 0 unspecified atom stereocenters. The summed E-state index contributed by atoms with van der Waals surface area (Å²) in [5.41, 5.74) is 1.99. The molecule has 0 bridgehead atoms. The number of hydrogen-bond donors (Lipinski definition) is 0. The van der Waals surface area contributed by atoms with Crippen molar-refractivity contribution in [3.63, 3.8) is 0 Å². The first kappa shape index (κ1) is 12.1. The fraction of sp³-hybridized carbons (Fsp3) is 0.286. The monoisotopic (exact) mass is 247 g/mol.